The highest BCUT2D eigenvalue weighted by Gasteiger charge is 2.17. The smallest absolute Gasteiger partial charge is 0.180 e. The van der Waals surface area contributed by atoms with Crippen molar-refractivity contribution < 1.29 is 4.74 Å². The lowest BCUT2D eigenvalue weighted by molar-refractivity contribution is -0.00572. The van der Waals surface area contributed by atoms with Crippen molar-refractivity contribution in [1.29, 1.82) is 0 Å². The fourth-order valence-electron chi connectivity index (χ4n) is 0.786. The molecule has 0 saturated carbocycles. The maximum Gasteiger partial charge on any atom is 0.180 e. The van der Waals surface area contributed by atoms with Crippen LogP contribution >= 0.6 is 12.2 Å². The summed E-state index contributed by atoms with van der Waals surface area (Å²) < 4.78 is 5.43. The van der Waals surface area contributed by atoms with Gasteiger partial charge in [0.2, 0.25) is 0 Å². The van der Waals surface area contributed by atoms with Crippen molar-refractivity contribution in [2.75, 3.05) is 13.2 Å². The summed E-state index contributed by atoms with van der Waals surface area (Å²) in [6, 6.07) is 0. The molecule has 0 amide bonds. The monoisotopic (exact) mass is 191 g/mol. The molecule has 0 unspecified atom stereocenters. The van der Waals surface area contributed by atoms with Gasteiger partial charge in [0.15, 0.2) is 5.11 Å². The molecule has 5 heteroatoms. The van der Waals surface area contributed by atoms with Gasteiger partial charge in [-0.1, -0.05) is 0 Å². The van der Waals surface area contributed by atoms with Crippen LogP contribution in [0.3, 0.4) is 0 Å². The van der Waals surface area contributed by atoms with Crippen molar-refractivity contribution in [2.45, 2.75) is 26.4 Å². The van der Waals surface area contributed by atoms with E-state index in [9.17, 15) is 0 Å². The van der Waals surface area contributed by atoms with Gasteiger partial charge in [0.05, 0.1) is 5.60 Å². The second-order valence-corrected chi connectivity index (χ2v) is 3.43. The van der Waals surface area contributed by atoms with Crippen molar-refractivity contribution in [3.05, 3.63) is 0 Å². The van der Waals surface area contributed by atoms with Gasteiger partial charge < -0.3 is 15.5 Å². The number of thiocarbonyl (C=S) groups is 1. The van der Waals surface area contributed by atoms with Crippen molar-refractivity contribution >= 4 is 17.3 Å². The minimum atomic E-state index is -0.213. The summed E-state index contributed by atoms with van der Waals surface area (Å²) in [6.07, 6.45) is 0. The van der Waals surface area contributed by atoms with E-state index < -0.39 is 0 Å². The van der Waals surface area contributed by atoms with Gasteiger partial charge >= 0.3 is 0 Å². The number of ether oxygens (including phenoxy) is 1. The van der Waals surface area contributed by atoms with Gasteiger partial charge in [0.1, 0.15) is 0 Å². The topological polar surface area (TPSA) is 59.3 Å². The second-order valence-electron chi connectivity index (χ2n) is 3.02. The number of hydrogen-bond acceptors (Lipinski definition) is 3. The van der Waals surface area contributed by atoms with Crippen LogP contribution in [-0.4, -0.2) is 23.9 Å². The molecule has 0 rings (SSSR count). The summed E-state index contributed by atoms with van der Waals surface area (Å²) in [4.78, 5) is 0. The molecule has 0 atom stereocenters. The Morgan fingerprint density at radius 3 is 2.58 bits per heavy atom. The summed E-state index contributed by atoms with van der Waals surface area (Å²) in [5.41, 5.74) is 2.13. The van der Waals surface area contributed by atoms with E-state index in [0.29, 0.717) is 18.3 Å². The summed E-state index contributed by atoms with van der Waals surface area (Å²) >= 11 is 4.80. The quantitative estimate of drug-likeness (QED) is 0.335. The van der Waals surface area contributed by atoms with E-state index in [1.165, 1.54) is 0 Å². The SMILES string of the molecule is CCOC(C)(C)CNC(=S)NN. The van der Waals surface area contributed by atoms with E-state index in [2.05, 4.69) is 10.7 Å². The third-order valence-electron chi connectivity index (χ3n) is 1.34. The summed E-state index contributed by atoms with van der Waals surface area (Å²) in [6.45, 7) is 7.27. The molecule has 0 aromatic carbocycles. The lowest BCUT2D eigenvalue weighted by Gasteiger charge is -2.25. The van der Waals surface area contributed by atoms with Crippen LogP contribution in [0.15, 0.2) is 0 Å². The Bertz CT molecular complexity index is 150. The van der Waals surface area contributed by atoms with E-state index in [4.69, 9.17) is 22.8 Å². The standard InChI is InChI=1S/C7H17N3OS/c1-4-11-7(2,3)5-9-6(12)10-8/h4-5,8H2,1-3H3,(H2,9,10,12). The van der Waals surface area contributed by atoms with Crippen LogP contribution in [0.5, 0.6) is 0 Å². The lowest BCUT2D eigenvalue weighted by atomic mass is 10.1. The Labute approximate surface area is 78.8 Å². The zero-order valence-electron chi connectivity index (χ0n) is 7.81. The fraction of sp³-hybridized carbons (Fsp3) is 0.857. The van der Waals surface area contributed by atoms with Crippen molar-refractivity contribution in [3.8, 4) is 0 Å². The maximum absolute atomic E-state index is 5.43. The average molecular weight is 191 g/mol. The second kappa shape index (κ2) is 5.29. The van der Waals surface area contributed by atoms with Crippen molar-refractivity contribution in [1.82, 2.24) is 10.7 Å². The Morgan fingerprint density at radius 1 is 1.58 bits per heavy atom. The average Bonchev–Trinajstić information content (AvgIpc) is 2.00. The Kier molecular flexibility index (Phi) is 5.12. The summed E-state index contributed by atoms with van der Waals surface area (Å²) in [5, 5.41) is 3.36. The van der Waals surface area contributed by atoms with E-state index in [0.717, 1.165) is 0 Å². The molecule has 0 aromatic rings. The molecule has 0 saturated heterocycles. The van der Waals surface area contributed by atoms with Gasteiger partial charge in [0, 0.05) is 13.2 Å². The molecule has 4 N–H and O–H groups in total. The highest BCUT2D eigenvalue weighted by Crippen LogP contribution is 2.06. The zero-order chi connectivity index (χ0) is 9.61. The van der Waals surface area contributed by atoms with Crippen LogP contribution < -0.4 is 16.6 Å². The van der Waals surface area contributed by atoms with E-state index in [-0.39, 0.29) is 5.60 Å². The van der Waals surface area contributed by atoms with Gasteiger partial charge in [-0.15, -0.1) is 0 Å². The van der Waals surface area contributed by atoms with Crippen LogP contribution in [-0.2, 0) is 4.74 Å². The highest BCUT2D eigenvalue weighted by molar-refractivity contribution is 7.80. The number of hydrogen-bond donors (Lipinski definition) is 3. The molecule has 0 aromatic heterocycles. The van der Waals surface area contributed by atoms with Crippen LogP contribution in [0.2, 0.25) is 0 Å². The molecule has 72 valence electrons. The van der Waals surface area contributed by atoms with Crippen LogP contribution in [0.1, 0.15) is 20.8 Å². The minimum Gasteiger partial charge on any atom is -0.374 e. The maximum atomic E-state index is 5.43. The Morgan fingerprint density at radius 2 is 2.17 bits per heavy atom. The third-order valence-corrected chi connectivity index (χ3v) is 1.60. The van der Waals surface area contributed by atoms with Crippen LogP contribution in [0.4, 0.5) is 0 Å². The molecule has 0 fully saturated rings. The first-order valence-electron chi connectivity index (χ1n) is 3.90. The predicted molar refractivity (Wildman–Crippen MR) is 53.6 cm³/mol. The van der Waals surface area contributed by atoms with E-state index in [1.807, 2.05) is 20.8 Å². The van der Waals surface area contributed by atoms with Gasteiger partial charge in [-0.05, 0) is 33.0 Å². The molecular formula is C7H17N3OS. The highest BCUT2D eigenvalue weighted by atomic mass is 32.1. The number of rotatable bonds is 4. The fourth-order valence-corrected chi connectivity index (χ4v) is 0.858. The molecule has 12 heavy (non-hydrogen) atoms. The first-order chi connectivity index (χ1) is 5.52. The normalized spacial score (nSPS) is 11.0. The molecule has 0 spiro atoms. The molecule has 0 aliphatic rings. The number of nitrogens with two attached hydrogens (primary N) is 1. The van der Waals surface area contributed by atoms with Gasteiger partial charge in [-0.2, -0.15) is 0 Å². The first-order valence-corrected chi connectivity index (χ1v) is 4.31. The summed E-state index contributed by atoms with van der Waals surface area (Å²) in [7, 11) is 0. The molecule has 0 radical (unpaired) electrons. The molecule has 0 bridgehead atoms. The minimum absolute atomic E-state index is 0.213. The molecule has 0 heterocycles. The summed E-state index contributed by atoms with van der Waals surface area (Å²) in [5.74, 6) is 5.08. The first kappa shape index (κ1) is 11.6. The van der Waals surface area contributed by atoms with Crippen molar-refractivity contribution in [2.24, 2.45) is 5.84 Å². The van der Waals surface area contributed by atoms with Gasteiger partial charge in [0.25, 0.3) is 0 Å². The largest absolute Gasteiger partial charge is 0.374 e. The van der Waals surface area contributed by atoms with Gasteiger partial charge in [-0.25, -0.2) is 5.84 Å². The van der Waals surface area contributed by atoms with Crippen LogP contribution in [0.25, 0.3) is 0 Å². The van der Waals surface area contributed by atoms with Crippen molar-refractivity contribution in [3.63, 3.8) is 0 Å². The molecular weight excluding hydrogens is 174 g/mol. The Hall–Kier alpha value is -0.390. The van der Waals surface area contributed by atoms with E-state index in [1.54, 1.807) is 0 Å². The number of nitrogens with one attached hydrogen (secondary N) is 2. The Balaban J connectivity index is 3.67. The molecule has 4 nitrogen and oxygen atoms in total. The zero-order valence-corrected chi connectivity index (χ0v) is 8.62. The van der Waals surface area contributed by atoms with Crippen LogP contribution in [0, 0.1) is 0 Å². The molecule has 0 aliphatic carbocycles. The third kappa shape index (κ3) is 5.29. The predicted octanol–water partition coefficient (Wildman–Crippen LogP) is 0.139. The van der Waals surface area contributed by atoms with Gasteiger partial charge in [-0.3, -0.25) is 0 Å². The number of hydrazine groups is 1. The molecule has 0 aliphatic heterocycles. The lowest BCUT2D eigenvalue weighted by Crippen LogP contribution is -2.46. The van der Waals surface area contributed by atoms with E-state index >= 15 is 0 Å².